The standard InChI is InChI=1S/C50H37N/c1-49(2)42-25-11-13-27-44(42)50(45-28-14-12-26-43(45)49)41-24-10-8-23-39(41)40-32-31-36(33-46(40)50)51(48-30-16-20-35-19-6-7-21-38(35)48)47-29-15-9-22-37(47)34-17-4-3-5-18-34/h3-33H,1-2H3. The number of hydrogen-bond acceptors (Lipinski definition) is 1. The van der Waals surface area contributed by atoms with Gasteiger partial charge in [-0.3, -0.25) is 0 Å². The van der Waals surface area contributed by atoms with Gasteiger partial charge in [0.1, 0.15) is 0 Å². The predicted molar refractivity (Wildman–Crippen MR) is 213 cm³/mol. The van der Waals surface area contributed by atoms with Crippen molar-refractivity contribution >= 4 is 27.8 Å². The Kier molecular flexibility index (Phi) is 6.51. The van der Waals surface area contributed by atoms with Crippen molar-refractivity contribution in [3.8, 4) is 22.3 Å². The Morgan fingerprint density at radius 1 is 0.373 bits per heavy atom. The molecule has 0 saturated carbocycles. The molecule has 1 heteroatoms. The number of benzene rings is 8. The van der Waals surface area contributed by atoms with Gasteiger partial charge < -0.3 is 4.90 Å². The van der Waals surface area contributed by atoms with E-state index in [0.717, 1.165) is 17.1 Å². The van der Waals surface area contributed by atoms with E-state index in [1.807, 2.05) is 0 Å². The van der Waals surface area contributed by atoms with Gasteiger partial charge in [0.15, 0.2) is 0 Å². The maximum absolute atomic E-state index is 2.50. The molecule has 0 amide bonds. The summed E-state index contributed by atoms with van der Waals surface area (Å²) in [6.07, 6.45) is 0. The van der Waals surface area contributed by atoms with E-state index in [2.05, 4.69) is 207 Å². The second-order valence-electron chi connectivity index (χ2n) is 14.5. The molecular weight excluding hydrogens is 615 g/mol. The van der Waals surface area contributed by atoms with Crippen LogP contribution < -0.4 is 4.90 Å². The number of rotatable bonds is 4. The van der Waals surface area contributed by atoms with Crippen LogP contribution in [0.5, 0.6) is 0 Å². The van der Waals surface area contributed by atoms with Crippen molar-refractivity contribution in [1.29, 1.82) is 0 Å². The topological polar surface area (TPSA) is 3.24 Å². The Balaban J connectivity index is 1.32. The number of nitrogens with zero attached hydrogens (tertiary/aromatic N) is 1. The van der Waals surface area contributed by atoms with Crippen LogP contribution in [-0.2, 0) is 10.8 Å². The lowest BCUT2D eigenvalue weighted by molar-refractivity contribution is 0.563. The first-order chi connectivity index (χ1) is 25.1. The fourth-order valence-electron chi connectivity index (χ4n) is 9.33. The average Bonchev–Trinajstić information content (AvgIpc) is 3.48. The second-order valence-corrected chi connectivity index (χ2v) is 14.5. The lowest BCUT2D eigenvalue weighted by Gasteiger charge is -2.46. The summed E-state index contributed by atoms with van der Waals surface area (Å²) in [6, 6.07) is 69.7. The van der Waals surface area contributed by atoms with Crippen molar-refractivity contribution in [2.45, 2.75) is 24.7 Å². The molecule has 242 valence electrons. The minimum absolute atomic E-state index is 0.142. The summed E-state index contributed by atoms with van der Waals surface area (Å²) >= 11 is 0. The molecule has 0 fully saturated rings. The van der Waals surface area contributed by atoms with Gasteiger partial charge in [0.05, 0.1) is 16.8 Å². The van der Waals surface area contributed by atoms with Crippen molar-refractivity contribution in [3.05, 3.63) is 221 Å². The van der Waals surface area contributed by atoms with Crippen LogP contribution in [0.25, 0.3) is 33.0 Å². The molecule has 8 aromatic carbocycles. The monoisotopic (exact) mass is 651 g/mol. The Morgan fingerprint density at radius 3 is 1.65 bits per heavy atom. The summed E-state index contributed by atoms with van der Waals surface area (Å²) in [4.78, 5) is 2.49. The van der Waals surface area contributed by atoms with Crippen LogP contribution in [-0.4, -0.2) is 0 Å². The van der Waals surface area contributed by atoms with Gasteiger partial charge in [-0.2, -0.15) is 0 Å². The maximum atomic E-state index is 2.50. The summed E-state index contributed by atoms with van der Waals surface area (Å²) in [7, 11) is 0. The summed E-state index contributed by atoms with van der Waals surface area (Å²) in [6.45, 7) is 4.77. The molecule has 0 bridgehead atoms. The van der Waals surface area contributed by atoms with Gasteiger partial charge in [0.25, 0.3) is 0 Å². The van der Waals surface area contributed by atoms with Crippen molar-refractivity contribution in [2.75, 3.05) is 4.90 Å². The van der Waals surface area contributed by atoms with Crippen LogP contribution in [0.15, 0.2) is 188 Å². The first-order valence-corrected chi connectivity index (χ1v) is 18.0. The van der Waals surface area contributed by atoms with Crippen molar-refractivity contribution in [1.82, 2.24) is 0 Å². The van der Waals surface area contributed by atoms with E-state index in [0.29, 0.717) is 0 Å². The van der Waals surface area contributed by atoms with Gasteiger partial charge in [0.2, 0.25) is 0 Å². The van der Waals surface area contributed by atoms with Gasteiger partial charge in [-0.15, -0.1) is 0 Å². The summed E-state index contributed by atoms with van der Waals surface area (Å²) in [5.74, 6) is 0. The van der Waals surface area contributed by atoms with E-state index in [-0.39, 0.29) is 5.41 Å². The lowest BCUT2D eigenvalue weighted by Crippen LogP contribution is -2.40. The Labute approximate surface area is 300 Å². The molecule has 0 atom stereocenters. The minimum atomic E-state index is -0.464. The van der Waals surface area contributed by atoms with Crippen LogP contribution in [0, 0.1) is 0 Å². The minimum Gasteiger partial charge on any atom is -0.309 e. The van der Waals surface area contributed by atoms with Crippen LogP contribution >= 0.6 is 0 Å². The highest BCUT2D eigenvalue weighted by Crippen LogP contribution is 2.62. The molecule has 0 N–H and O–H groups in total. The Bertz CT molecular complexity index is 2570. The van der Waals surface area contributed by atoms with E-state index in [4.69, 9.17) is 0 Å². The van der Waals surface area contributed by atoms with Gasteiger partial charge in [-0.1, -0.05) is 178 Å². The Morgan fingerprint density at radius 2 is 0.902 bits per heavy atom. The third-order valence-electron chi connectivity index (χ3n) is 11.5. The van der Waals surface area contributed by atoms with Gasteiger partial charge in [-0.25, -0.2) is 0 Å². The smallest absolute Gasteiger partial charge is 0.0720 e. The quantitative estimate of drug-likeness (QED) is 0.183. The normalized spacial score (nSPS) is 14.4. The van der Waals surface area contributed by atoms with Gasteiger partial charge in [0, 0.05) is 22.1 Å². The first-order valence-electron chi connectivity index (χ1n) is 18.0. The van der Waals surface area contributed by atoms with Crippen LogP contribution in [0.1, 0.15) is 47.2 Å². The van der Waals surface area contributed by atoms with Crippen molar-refractivity contribution in [2.24, 2.45) is 0 Å². The zero-order valence-corrected chi connectivity index (χ0v) is 28.8. The molecule has 8 aromatic rings. The molecule has 0 aliphatic heterocycles. The summed E-state index contributed by atoms with van der Waals surface area (Å²) in [5, 5.41) is 2.44. The first kappa shape index (κ1) is 29.7. The molecule has 1 nitrogen and oxygen atoms in total. The molecule has 0 saturated heterocycles. The third-order valence-corrected chi connectivity index (χ3v) is 11.5. The molecule has 2 aliphatic carbocycles. The van der Waals surface area contributed by atoms with Gasteiger partial charge >= 0.3 is 0 Å². The van der Waals surface area contributed by atoms with Crippen LogP contribution in [0.4, 0.5) is 17.1 Å². The predicted octanol–water partition coefficient (Wildman–Crippen LogP) is 13.0. The molecule has 2 aliphatic rings. The van der Waals surface area contributed by atoms with Crippen LogP contribution in [0.2, 0.25) is 0 Å². The molecule has 0 unspecified atom stereocenters. The fourth-order valence-corrected chi connectivity index (χ4v) is 9.33. The van der Waals surface area contributed by atoms with E-state index in [9.17, 15) is 0 Å². The van der Waals surface area contributed by atoms with Crippen molar-refractivity contribution < 1.29 is 0 Å². The van der Waals surface area contributed by atoms with Crippen molar-refractivity contribution in [3.63, 3.8) is 0 Å². The highest BCUT2D eigenvalue weighted by atomic mass is 15.1. The fraction of sp³-hybridized carbons (Fsp3) is 0.0800. The van der Waals surface area contributed by atoms with Gasteiger partial charge in [-0.05, 0) is 79.7 Å². The third kappa shape index (κ3) is 4.15. The SMILES string of the molecule is CC1(C)c2ccccc2C2(c3ccccc3-c3ccc(N(c4ccccc4-c4ccccc4)c4cccc5ccccc45)cc32)c2ccccc21. The Hall–Kier alpha value is -6.18. The molecule has 0 aromatic heterocycles. The zero-order valence-electron chi connectivity index (χ0n) is 28.8. The van der Waals surface area contributed by atoms with E-state index >= 15 is 0 Å². The largest absolute Gasteiger partial charge is 0.309 e. The highest BCUT2D eigenvalue weighted by Gasteiger charge is 2.53. The maximum Gasteiger partial charge on any atom is 0.0720 e. The average molecular weight is 652 g/mol. The van der Waals surface area contributed by atoms with Crippen LogP contribution in [0.3, 0.4) is 0 Å². The molecule has 0 radical (unpaired) electrons. The van der Waals surface area contributed by atoms with E-state index in [1.54, 1.807) is 0 Å². The molecule has 10 rings (SSSR count). The molecule has 51 heavy (non-hydrogen) atoms. The van der Waals surface area contributed by atoms with E-state index < -0.39 is 5.41 Å². The second kappa shape index (κ2) is 11.2. The summed E-state index contributed by atoms with van der Waals surface area (Å²) in [5.41, 5.74) is 16.0. The number of fused-ring (bicyclic) bond motifs is 10. The molecular formula is C50H37N. The number of para-hydroxylation sites is 1. The van der Waals surface area contributed by atoms with E-state index in [1.165, 1.54) is 66.4 Å². The lowest BCUT2D eigenvalue weighted by atomic mass is 9.55. The highest BCUT2D eigenvalue weighted by molar-refractivity contribution is 6.02. The number of anilines is 3. The summed E-state index contributed by atoms with van der Waals surface area (Å²) < 4.78 is 0. The zero-order chi connectivity index (χ0) is 34.2. The molecule has 1 spiro atoms. The molecule has 0 heterocycles. The number of hydrogen-bond donors (Lipinski definition) is 0.